The predicted octanol–water partition coefficient (Wildman–Crippen LogP) is 3.26. The molecule has 0 aliphatic heterocycles. The zero-order valence-corrected chi connectivity index (χ0v) is 17.6. The van der Waals surface area contributed by atoms with Crippen LogP contribution in [0.25, 0.3) is 0 Å². The van der Waals surface area contributed by atoms with Crippen LogP contribution in [0.15, 0.2) is 29.2 Å². The van der Waals surface area contributed by atoms with Gasteiger partial charge >= 0.3 is 0 Å². The molecule has 2 atom stereocenters. The van der Waals surface area contributed by atoms with Crippen molar-refractivity contribution in [3.63, 3.8) is 0 Å². The molecule has 2 N–H and O–H groups in total. The summed E-state index contributed by atoms with van der Waals surface area (Å²) in [6, 6.07) is 7.48. The molecule has 0 spiro atoms. The van der Waals surface area contributed by atoms with E-state index in [1.165, 1.54) is 30.0 Å². The number of nitrogens with zero attached hydrogens (tertiary/aromatic N) is 1. The summed E-state index contributed by atoms with van der Waals surface area (Å²) in [6.45, 7) is 7.50. The summed E-state index contributed by atoms with van der Waals surface area (Å²) in [5.41, 5.74) is 1.00. The van der Waals surface area contributed by atoms with E-state index in [-0.39, 0.29) is 0 Å². The van der Waals surface area contributed by atoms with Crippen LogP contribution in [0, 0.1) is 5.92 Å². The normalized spacial score (nSPS) is 20.8. The third-order valence-corrected chi connectivity index (χ3v) is 7.47. The smallest absolute Gasteiger partial charge is 0.243 e. The van der Waals surface area contributed by atoms with Gasteiger partial charge in [-0.1, -0.05) is 45.7 Å². The Labute approximate surface area is 163 Å². The average molecular weight is 398 g/mol. The fourth-order valence-corrected chi connectivity index (χ4v) is 5.11. The maximum absolute atomic E-state index is 12.5. The van der Waals surface area contributed by atoms with Crippen LogP contribution in [0.3, 0.4) is 0 Å². The Morgan fingerprint density at radius 2 is 1.77 bits per heavy atom. The average Bonchev–Trinajstić information content (AvgIpc) is 2.63. The Balaban J connectivity index is 1.90. The van der Waals surface area contributed by atoms with Crippen LogP contribution in [-0.4, -0.2) is 37.0 Å². The van der Waals surface area contributed by atoms with E-state index in [1.807, 2.05) is 26.0 Å². The van der Waals surface area contributed by atoms with Gasteiger partial charge in [0.05, 0.1) is 4.90 Å². The van der Waals surface area contributed by atoms with Crippen molar-refractivity contribution in [3.8, 4) is 0 Å². The molecule has 1 saturated carbocycles. The molecule has 0 amide bonds. The number of rotatable bonds is 7. The first-order valence-corrected chi connectivity index (χ1v) is 11.4. The van der Waals surface area contributed by atoms with E-state index in [9.17, 15) is 8.42 Å². The zero-order valence-electron chi connectivity index (χ0n) is 16.0. The predicted molar refractivity (Wildman–Crippen MR) is 111 cm³/mol. The second-order valence-corrected chi connectivity index (χ2v) is 9.27. The minimum Gasteiger partial charge on any atom is -0.360 e. The summed E-state index contributed by atoms with van der Waals surface area (Å²) in [5.74, 6) is 0.646. The number of hydrogen-bond acceptors (Lipinski definition) is 3. The lowest BCUT2D eigenvalue weighted by molar-refractivity contribution is 0.308. The van der Waals surface area contributed by atoms with Gasteiger partial charge in [-0.3, -0.25) is 0 Å². The summed E-state index contributed by atoms with van der Waals surface area (Å²) in [6.07, 6.45) is 4.99. The highest BCUT2D eigenvalue weighted by molar-refractivity contribution is 7.89. The van der Waals surface area contributed by atoms with Gasteiger partial charge in [-0.25, -0.2) is 8.42 Å². The van der Waals surface area contributed by atoms with Crippen LogP contribution < -0.4 is 10.6 Å². The third kappa shape index (κ3) is 5.41. The van der Waals surface area contributed by atoms with Crippen molar-refractivity contribution in [3.05, 3.63) is 29.8 Å². The molecule has 0 bridgehead atoms. The first-order chi connectivity index (χ1) is 12.4. The molecule has 0 radical (unpaired) electrons. The number of hydrogen-bond donors (Lipinski definition) is 2. The lowest BCUT2D eigenvalue weighted by Crippen LogP contribution is -2.45. The summed E-state index contributed by atoms with van der Waals surface area (Å²) >= 11 is 5.41. The summed E-state index contributed by atoms with van der Waals surface area (Å²) in [4.78, 5) is 0.335. The number of benzene rings is 1. The van der Waals surface area contributed by atoms with Gasteiger partial charge in [0.2, 0.25) is 10.0 Å². The standard InChI is InChI=1S/C19H31N3O2S2/c1-4-22(5-2)26(23,24)17-12-10-16(11-13-17)14-20-19(25)21-18-9-7-6-8-15(18)3/h10-13,15,18H,4-9,14H2,1-3H3,(H2,20,21,25)/t15-,18-/m0/s1. The molecule has 1 aromatic rings. The van der Waals surface area contributed by atoms with Gasteiger partial charge < -0.3 is 10.6 Å². The van der Waals surface area contributed by atoms with Crippen LogP contribution in [0.2, 0.25) is 0 Å². The van der Waals surface area contributed by atoms with Crippen molar-refractivity contribution in [2.24, 2.45) is 5.92 Å². The van der Waals surface area contributed by atoms with Crippen LogP contribution >= 0.6 is 12.2 Å². The minimum atomic E-state index is -3.40. The number of thiocarbonyl (C=S) groups is 1. The molecule has 0 unspecified atom stereocenters. The Morgan fingerprint density at radius 1 is 1.15 bits per heavy atom. The van der Waals surface area contributed by atoms with E-state index in [1.54, 1.807) is 12.1 Å². The van der Waals surface area contributed by atoms with Crippen LogP contribution in [0.1, 0.15) is 52.0 Å². The second kappa shape index (κ2) is 9.67. The lowest BCUT2D eigenvalue weighted by Gasteiger charge is -2.30. The summed E-state index contributed by atoms with van der Waals surface area (Å²) in [7, 11) is -3.40. The third-order valence-electron chi connectivity index (χ3n) is 5.15. The molecule has 1 aliphatic carbocycles. The Morgan fingerprint density at radius 3 is 2.35 bits per heavy atom. The monoisotopic (exact) mass is 397 g/mol. The van der Waals surface area contributed by atoms with Gasteiger partial charge in [0, 0.05) is 25.7 Å². The fraction of sp³-hybridized carbons (Fsp3) is 0.632. The molecular weight excluding hydrogens is 366 g/mol. The minimum absolute atomic E-state index is 0.335. The van der Waals surface area contributed by atoms with Gasteiger partial charge in [-0.15, -0.1) is 0 Å². The van der Waals surface area contributed by atoms with Crippen molar-refractivity contribution < 1.29 is 8.42 Å². The molecule has 146 valence electrons. The number of sulfonamides is 1. The number of nitrogens with one attached hydrogen (secondary N) is 2. The lowest BCUT2D eigenvalue weighted by atomic mass is 9.86. The first kappa shape index (κ1) is 21.1. The maximum Gasteiger partial charge on any atom is 0.243 e. The van der Waals surface area contributed by atoms with Gasteiger partial charge in [0.15, 0.2) is 5.11 Å². The molecule has 26 heavy (non-hydrogen) atoms. The topological polar surface area (TPSA) is 61.4 Å². The largest absolute Gasteiger partial charge is 0.360 e. The summed E-state index contributed by atoms with van der Waals surface area (Å²) < 4.78 is 26.5. The van der Waals surface area contributed by atoms with Gasteiger partial charge in [0.25, 0.3) is 0 Å². The Bertz CT molecular complexity index is 685. The summed E-state index contributed by atoms with van der Waals surface area (Å²) in [5, 5.41) is 7.32. The first-order valence-electron chi connectivity index (χ1n) is 9.52. The Hall–Kier alpha value is -1.18. The van der Waals surface area contributed by atoms with Crippen molar-refractivity contribution in [2.45, 2.75) is 63.9 Å². The highest BCUT2D eigenvalue weighted by Crippen LogP contribution is 2.23. The van der Waals surface area contributed by atoms with E-state index in [0.717, 1.165) is 5.56 Å². The molecule has 0 saturated heterocycles. The van der Waals surface area contributed by atoms with Crippen LogP contribution in [-0.2, 0) is 16.6 Å². The fourth-order valence-electron chi connectivity index (χ4n) is 3.42. The van der Waals surface area contributed by atoms with Gasteiger partial charge in [-0.2, -0.15) is 4.31 Å². The molecule has 1 aromatic carbocycles. The highest BCUT2D eigenvalue weighted by Gasteiger charge is 2.22. The van der Waals surface area contributed by atoms with E-state index < -0.39 is 10.0 Å². The van der Waals surface area contributed by atoms with Crippen molar-refractivity contribution in [2.75, 3.05) is 13.1 Å². The zero-order chi connectivity index (χ0) is 19.2. The Kier molecular flexibility index (Phi) is 7.85. The van der Waals surface area contributed by atoms with E-state index >= 15 is 0 Å². The molecule has 7 heteroatoms. The molecule has 1 aliphatic rings. The van der Waals surface area contributed by atoms with Crippen molar-refractivity contribution in [1.29, 1.82) is 0 Å². The molecule has 0 heterocycles. The molecule has 2 rings (SSSR count). The molecular formula is C19H31N3O2S2. The van der Waals surface area contributed by atoms with Gasteiger partial charge in [0.1, 0.15) is 0 Å². The maximum atomic E-state index is 12.5. The van der Waals surface area contributed by atoms with E-state index in [4.69, 9.17) is 12.2 Å². The van der Waals surface area contributed by atoms with Gasteiger partial charge in [-0.05, 0) is 48.7 Å². The SMILES string of the molecule is CCN(CC)S(=O)(=O)c1ccc(CNC(=S)N[C@H]2CCCC[C@@H]2C)cc1. The molecule has 0 aromatic heterocycles. The van der Waals surface area contributed by atoms with E-state index in [0.29, 0.717) is 41.6 Å². The molecule has 1 fully saturated rings. The van der Waals surface area contributed by atoms with Crippen LogP contribution in [0.4, 0.5) is 0 Å². The highest BCUT2D eigenvalue weighted by atomic mass is 32.2. The second-order valence-electron chi connectivity index (χ2n) is 6.93. The van der Waals surface area contributed by atoms with E-state index in [2.05, 4.69) is 17.6 Å². The van der Waals surface area contributed by atoms with Crippen LogP contribution in [0.5, 0.6) is 0 Å². The van der Waals surface area contributed by atoms with Crippen molar-refractivity contribution in [1.82, 2.24) is 14.9 Å². The van der Waals surface area contributed by atoms with Crippen molar-refractivity contribution >= 4 is 27.4 Å². The quantitative estimate of drug-likeness (QED) is 0.692. The molecule has 5 nitrogen and oxygen atoms in total.